The van der Waals surface area contributed by atoms with Gasteiger partial charge in [-0.25, -0.2) is 8.78 Å². The lowest BCUT2D eigenvalue weighted by molar-refractivity contribution is 0.602. The van der Waals surface area contributed by atoms with Crippen molar-refractivity contribution in [3.05, 3.63) is 78.3 Å². The van der Waals surface area contributed by atoms with Crippen LogP contribution in [0.4, 0.5) is 8.78 Å². The van der Waals surface area contributed by atoms with Crippen LogP contribution in [0.1, 0.15) is 5.56 Å². The molecule has 2 heterocycles. The van der Waals surface area contributed by atoms with Gasteiger partial charge >= 0.3 is 0 Å². The molecular formula is C19H15F2N3. The van der Waals surface area contributed by atoms with E-state index >= 15 is 0 Å². The Morgan fingerprint density at radius 3 is 2.62 bits per heavy atom. The number of fused-ring (bicyclic) bond motifs is 1. The number of nitrogens with zero attached hydrogens (tertiary/aromatic N) is 3. The van der Waals surface area contributed by atoms with Crippen LogP contribution in [0.25, 0.3) is 22.0 Å². The predicted octanol–water partition coefficient (Wildman–Crippen LogP) is 4.37. The molecule has 5 heteroatoms. The van der Waals surface area contributed by atoms with E-state index in [2.05, 4.69) is 5.10 Å². The summed E-state index contributed by atoms with van der Waals surface area (Å²) in [5.74, 6) is -0.548. The van der Waals surface area contributed by atoms with Crippen LogP contribution >= 0.6 is 0 Å². The maximum Gasteiger partial charge on any atom is 0.132 e. The molecule has 0 aliphatic rings. The Kier molecular flexibility index (Phi) is 3.41. The molecule has 0 bridgehead atoms. The molecule has 0 N–H and O–H groups in total. The van der Waals surface area contributed by atoms with Gasteiger partial charge in [-0.2, -0.15) is 5.10 Å². The summed E-state index contributed by atoms with van der Waals surface area (Å²) in [6, 6.07) is 11.8. The van der Waals surface area contributed by atoms with Gasteiger partial charge in [-0.05, 0) is 29.8 Å². The largest absolute Gasteiger partial charge is 0.343 e. The molecule has 0 atom stereocenters. The van der Waals surface area contributed by atoms with Crippen molar-refractivity contribution >= 4 is 10.9 Å². The molecule has 0 saturated heterocycles. The Hall–Kier alpha value is -2.95. The van der Waals surface area contributed by atoms with E-state index in [0.717, 1.165) is 16.6 Å². The summed E-state index contributed by atoms with van der Waals surface area (Å²) in [5, 5.41) is 4.65. The smallest absolute Gasteiger partial charge is 0.132 e. The first-order chi connectivity index (χ1) is 11.6. The molecule has 0 unspecified atom stereocenters. The third-order valence-electron chi connectivity index (χ3n) is 4.19. The molecule has 4 rings (SSSR count). The SMILES string of the molecule is Cn1cc(-c2ccc(Cn3ccc4c(F)cccc43)c(F)c2)cn1. The zero-order chi connectivity index (χ0) is 16.7. The van der Waals surface area contributed by atoms with Crippen molar-refractivity contribution < 1.29 is 8.78 Å². The number of hydrogen-bond donors (Lipinski definition) is 0. The van der Waals surface area contributed by atoms with Crippen LogP contribution in [0.2, 0.25) is 0 Å². The third-order valence-corrected chi connectivity index (χ3v) is 4.19. The highest BCUT2D eigenvalue weighted by Crippen LogP contribution is 2.24. The number of hydrogen-bond acceptors (Lipinski definition) is 1. The molecule has 0 aliphatic heterocycles. The summed E-state index contributed by atoms with van der Waals surface area (Å²) in [6.45, 7) is 0.353. The molecule has 2 aromatic heterocycles. The Labute approximate surface area is 137 Å². The van der Waals surface area contributed by atoms with E-state index in [1.807, 2.05) is 29.9 Å². The zero-order valence-electron chi connectivity index (χ0n) is 13.1. The maximum absolute atomic E-state index is 14.5. The first-order valence-corrected chi connectivity index (χ1v) is 7.62. The summed E-state index contributed by atoms with van der Waals surface area (Å²) >= 11 is 0. The number of rotatable bonds is 3. The topological polar surface area (TPSA) is 22.8 Å². The van der Waals surface area contributed by atoms with Crippen LogP contribution < -0.4 is 0 Å². The Morgan fingerprint density at radius 2 is 1.88 bits per heavy atom. The van der Waals surface area contributed by atoms with E-state index in [1.165, 1.54) is 12.1 Å². The molecule has 2 aromatic carbocycles. The lowest BCUT2D eigenvalue weighted by atomic mass is 10.1. The second kappa shape index (κ2) is 5.60. The molecule has 0 radical (unpaired) electrons. The lowest BCUT2D eigenvalue weighted by Gasteiger charge is -2.08. The van der Waals surface area contributed by atoms with E-state index in [4.69, 9.17) is 0 Å². The lowest BCUT2D eigenvalue weighted by Crippen LogP contribution is -2.01. The number of aromatic nitrogens is 3. The first kappa shape index (κ1) is 14.6. The first-order valence-electron chi connectivity index (χ1n) is 7.62. The molecule has 0 amide bonds. The average molecular weight is 323 g/mol. The summed E-state index contributed by atoms with van der Waals surface area (Å²) in [4.78, 5) is 0. The average Bonchev–Trinajstić information content (AvgIpc) is 3.17. The van der Waals surface area contributed by atoms with Gasteiger partial charge in [-0.3, -0.25) is 4.68 Å². The number of benzene rings is 2. The minimum absolute atomic E-state index is 0.265. The minimum Gasteiger partial charge on any atom is -0.343 e. The van der Waals surface area contributed by atoms with E-state index in [-0.39, 0.29) is 11.6 Å². The molecule has 0 aliphatic carbocycles. The maximum atomic E-state index is 14.5. The van der Waals surface area contributed by atoms with E-state index in [1.54, 1.807) is 35.3 Å². The van der Waals surface area contributed by atoms with Crippen LogP contribution in [0.15, 0.2) is 61.1 Å². The van der Waals surface area contributed by atoms with Gasteiger partial charge in [-0.15, -0.1) is 0 Å². The molecule has 120 valence electrons. The third kappa shape index (κ3) is 2.48. The fraction of sp³-hybridized carbons (Fsp3) is 0.105. The van der Waals surface area contributed by atoms with Crippen LogP contribution in [0, 0.1) is 11.6 Å². The molecule has 24 heavy (non-hydrogen) atoms. The van der Waals surface area contributed by atoms with Crippen LogP contribution in [0.5, 0.6) is 0 Å². The molecule has 4 aromatic rings. The Bertz CT molecular complexity index is 1030. The quantitative estimate of drug-likeness (QED) is 0.549. The van der Waals surface area contributed by atoms with E-state index in [0.29, 0.717) is 17.5 Å². The van der Waals surface area contributed by atoms with Gasteiger partial charge in [0.15, 0.2) is 0 Å². The number of aryl methyl sites for hydroxylation is 1. The molecule has 0 saturated carbocycles. The van der Waals surface area contributed by atoms with Crippen molar-refractivity contribution in [1.29, 1.82) is 0 Å². The minimum atomic E-state index is -0.283. The molecular weight excluding hydrogens is 308 g/mol. The highest BCUT2D eigenvalue weighted by molar-refractivity contribution is 5.80. The highest BCUT2D eigenvalue weighted by atomic mass is 19.1. The normalized spacial score (nSPS) is 11.3. The summed E-state index contributed by atoms with van der Waals surface area (Å²) < 4.78 is 31.8. The second-order valence-electron chi connectivity index (χ2n) is 5.83. The fourth-order valence-corrected chi connectivity index (χ4v) is 2.93. The van der Waals surface area contributed by atoms with Gasteiger partial charge in [0.05, 0.1) is 18.3 Å². The molecule has 0 spiro atoms. The van der Waals surface area contributed by atoms with Crippen molar-refractivity contribution in [2.45, 2.75) is 6.54 Å². The zero-order valence-corrected chi connectivity index (χ0v) is 13.1. The number of halogens is 2. The van der Waals surface area contributed by atoms with Crippen molar-refractivity contribution in [3.8, 4) is 11.1 Å². The predicted molar refractivity (Wildman–Crippen MR) is 89.6 cm³/mol. The summed E-state index contributed by atoms with van der Waals surface area (Å²) in [6.07, 6.45) is 5.33. The van der Waals surface area contributed by atoms with E-state index < -0.39 is 0 Å². The van der Waals surface area contributed by atoms with Crippen LogP contribution in [-0.4, -0.2) is 14.3 Å². The summed E-state index contributed by atoms with van der Waals surface area (Å²) in [5.41, 5.74) is 2.97. The standard InChI is InChI=1S/C19H15F2N3/c1-23-11-15(10-22-23)13-5-6-14(18(21)9-13)12-24-8-7-16-17(20)3-2-4-19(16)24/h2-11H,12H2,1H3. The monoisotopic (exact) mass is 323 g/mol. The van der Waals surface area contributed by atoms with Crippen LogP contribution in [0.3, 0.4) is 0 Å². The summed E-state index contributed by atoms with van der Waals surface area (Å²) in [7, 11) is 1.82. The molecule has 0 fully saturated rings. The van der Waals surface area contributed by atoms with Crippen molar-refractivity contribution in [1.82, 2.24) is 14.3 Å². The highest BCUT2D eigenvalue weighted by Gasteiger charge is 2.10. The Balaban J connectivity index is 1.68. The van der Waals surface area contributed by atoms with Gasteiger partial charge in [0, 0.05) is 36.0 Å². The van der Waals surface area contributed by atoms with Gasteiger partial charge in [-0.1, -0.05) is 18.2 Å². The second-order valence-corrected chi connectivity index (χ2v) is 5.83. The van der Waals surface area contributed by atoms with Gasteiger partial charge < -0.3 is 4.57 Å². The van der Waals surface area contributed by atoms with Gasteiger partial charge in [0.2, 0.25) is 0 Å². The fourth-order valence-electron chi connectivity index (χ4n) is 2.93. The molecule has 3 nitrogen and oxygen atoms in total. The van der Waals surface area contributed by atoms with E-state index in [9.17, 15) is 8.78 Å². The van der Waals surface area contributed by atoms with Gasteiger partial charge in [0.1, 0.15) is 11.6 Å². The Morgan fingerprint density at radius 1 is 1.00 bits per heavy atom. The van der Waals surface area contributed by atoms with Crippen molar-refractivity contribution in [2.24, 2.45) is 7.05 Å². The van der Waals surface area contributed by atoms with Crippen molar-refractivity contribution in [3.63, 3.8) is 0 Å². The van der Waals surface area contributed by atoms with Crippen molar-refractivity contribution in [2.75, 3.05) is 0 Å². The van der Waals surface area contributed by atoms with Gasteiger partial charge in [0.25, 0.3) is 0 Å². The van der Waals surface area contributed by atoms with Crippen LogP contribution in [-0.2, 0) is 13.6 Å².